The fourth-order valence-electron chi connectivity index (χ4n) is 3.89. The van der Waals surface area contributed by atoms with Gasteiger partial charge in [-0.3, -0.25) is 9.69 Å². The molecule has 0 heterocycles. The molecule has 168 valence electrons. The van der Waals surface area contributed by atoms with Gasteiger partial charge in [0.2, 0.25) is 0 Å². The Kier molecular flexibility index (Phi) is 8.16. The van der Waals surface area contributed by atoms with Crippen molar-refractivity contribution in [2.45, 2.75) is 57.2 Å². The van der Waals surface area contributed by atoms with Crippen molar-refractivity contribution in [3.8, 4) is 0 Å². The molecule has 32 heavy (non-hydrogen) atoms. The molecule has 0 fully saturated rings. The number of nitrogens with zero attached hydrogens (tertiary/aromatic N) is 1. The fraction of sp³-hybridized carbons (Fsp3) is 0.321. The smallest absolute Gasteiger partial charge is 0.321 e. The van der Waals surface area contributed by atoms with Crippen molar-refractivity contribution in [3.63, 3.8) is 0 Å². The van der Waals surface area contributed by atoms with E-state index in [-0.39, 0.29) is 18.1 Å². The first-order valence-electron chi connectivity index (χ1n) is 11.1. The Morgan fingerprint density at radius 2 is 1.31 bits per heavy atom. The summed E-state index contributed by atoms with van der Waals surface area (Å²) in [7, 11) is 0. The number of esters is 1. The summed E-state index contributed by atoms with van der Waals surface area (Å²) in [5.41, 5.74) is 2.83. The molecule has 0 aliphatic heterocycles. The zero-order valence-electron chi connectivity index (χ0n) is 19.3. The summed E-state index contributed by atoms with van der Waals surface area (Å²) >= 11 is 4.84. The van der Waals surface area contributed by atoms with E-state index in [0.29, 0.717) is 6.54 Å². The molecular formula is C28H33NO2S. The Morgan fingerprint density at radius 1 is 0.844 bits per heavy atom. The lowest BCUT2D eigenvalue weighted by molar-refractivity contribution is -0.155. The third kappa shape index (κ3) is 6.47. The molecule has 0 bridgehead atoms. The van der Waals surface area contributed by atoms with Crippen LogP contribution >= 0.6 is 12.6 Å². The summed E-state index contributed by atoms with van der Waals surface area (Å²) in [5, 5.41) is -0.647. The van der Waals surface area contributed by atoms with E-state index in [9.17, 15) is 4.79 Å². The molecule has 0 amide bonds. The van der Waals surface area contributed by atoms with Gasteiger partial charge in [-0.1, -0.05) is 91.0 Å². The van der Waals surface area contributed by atoms with Gasteiger partial charge in [0.1, 0.15) is 10.9 Å². The van der Waals surface area contributed by atoms with Gasteiger partial charge in [-0.15, -0.1) is 0 Å². The number of benzene rings is 3. The first-order valence-corrected chi connectivity index (χ1v) is 11.6. The fourth-order valence-corrected chi connectivity index (χ4v) is 4.29. The van der Waals surface area contributed by atoms with Crippen molar-refractivity contribution >= 4 is 18.6 Å². The summed E-state index contributed by atoms with van der Waals surface area (Å²) in [6.45, 7) is 8.52. The van der Waals surface area contributed by atoms with Gasteiger partial charge in [0.25, 0.3) is 0 Å². The van der Waals surface area contributed by atoms with E-state index in [1.807, 2.05) is 63.2 Å². The second-order valence-corrected chi connectivity index (χ2v) is 9.63. The van der Waals surface area contributed by atoms with Crippen LogP contribution in [0.2, 0.25) is 0 Å². The van der Waals surface area contributed by atoms with E-state index >= 15 is 0 Å². The SMILES string of the molecule is C[C@H](c1ccccc1)N(Cc1ccccc1)[C@H](c1ccccc1)[C@@H](S)C(=O)OC(C)(C)C. The number of carbonyl (C=O) groups excluding carboxylic acids is 1. The van der Waals surface area contributed by atoms with E-state index < -0.39 is 10.9 Å². The Hall–Kier alpha value is -2.56. The van der Waals surface area contributed by atoms with Crippen LogP contribution in [-0.4, -0.2) is 21.7 Å². The Bertz CT molecular complexity index is 971. The predicted octanol–water partition coefficient (Wildman–Crippen LogP) is 6.63. The van der Waals surface area contributed by atoms with Crippen LogP contribution in [0.3, 0.4) is 0 Å². The number of rotatable bonds is 8. The van der Waals surface area contributed by atoms with Gasteiger partial charge in [0.15, 0.2) is 0 Å². The molecule has 0 aliphatic rings. The number of ether oxygens (including phenoxy) is 1. The molecule has 0 unspecified atom stereocenters. The highest BCUT2D eigenvalue weighted by atomic mass is 32.1. The molecule has 3 rings (SSSR count). The van der Waals surface area contributed by atoms with Crippen LogP contribution in [0.15, 0.2) is 91.0 Å². The summed E-state index contributed by atoms with van der Waals surface area (Å²) in [6.07, 6.45) is 0. The molecule has 4 heteroatoms. The van der Waals surface area contributed by atoms with Crippen LogP contribution in [0.5, 0.6) is 0 Å². The highest BCUT2D eigenvalue weighted by molar-refractivity contribution is 7.81. The number of thiol groups is 1. The average Bonchev–Trinajstić information content (AvgIpc) is 2.79. The van der Waals surface area contributed by atoms with Crippen molar-refractivity contribution in [2.75, 3.05) is 0 Å². The van der Waals surface area contributed by atoms with Crippen molar-refractivity contribution < 1.29 is 9.53 Å². The molecule has 0 N–H and O–H groups in total. The third-order valence-electron chi connectivity index (χ3n) is 5.43. The maximum absolute atomic E-state index is 13.2. The molecular weight excluding hydrogens is 414 g/mol. The van der Waals surface area contributed by atoms with Gasteiger partial charge in [-0.25, -0.2) is 0 Å². The average molecular weight is 448 g/mol. The lowest BCUT2D eigenvalue weighted by Gasteiger charge is -2.39. The van der Waals surface area contributed by atoms with Crippen LogP contribution in [0.25, 0.3) is 0 Å². The van der Waals surface area contributed by atoms with Gasteiger partial charge in [0.05, 0.1) is 6.04 Å². The summed E-state index contributed by atoms with van der Waals surface area (Å²) in [4.78, 5) is 15.5. The molecule has 3 aromatic rings. The van der Waals surface area contributed by atoms with Gasteiger partial charge in [-0.05, 0) is 44.4 Å². The molecule has 0 saturated heterocycles. The first-order chi connectivity index (χ1) is 15.3. The molecule has 0 radical (unpaired) electrons. The van der Waals surface area contributed by atoms with Crippen molar-refractivity contribution in [1.29, 1.82) is 0 Å². The zero-order valence-corrected chi connectivity index (χ0v) is 20.2. The highest BCUT2D eigenvalue weighted by Crippen LogP contribution is 2.37. The molecule has 0 aromatic heterocycles. The Morgan fingerprint density at radius 3 is 1.81 bits per heavy atom. The quantitative estimate of drug-likeness (QED) is 0.310. The van der Waals surface area contributed by atoms with Gasteiger partial charge in [-0.2, -0.15) is 12.6 Å². The predicted molar refractivity (Wildman–Crippen MR) is 135 cm³/mol. The number of hydrogen-bond donors (Lipinski definition) is 1. The first kappa shape index (κ1) is 24.1. The monoisotopic (exact) mass is 447 g/mol. The van der Waals surface area contributed by atoms with Crippen molar-refractivity contribution in [2.24, 2.45) is 0 Å². The van der Waals surface area contributed by atoms with E-state index in [1.54, 1.807) is 0 Å². The van der Waals surface area contributed by atoms with Crippen LogP contribution in [0.4, 0.5) is 0 Å². The minimum atomic E-state index is -0.647. The van der Waals surface area contributed by atoms with Gasteiger partial charge < -0.3 is 4.74 Å². The second kappa shape index (κ2) is 10.8. The van der Waals surface area contributed by atoms with Gasteiger partial charge in [0, 0.05) is 12.6 Å². The minimum absolute atomic E-state index is 0.0544. The van der Waals surface area contributed by atoms with Crippen LogP contribution in [-0.2, 0) is 16.1 Å². The van der Waals surface area contributed by atoms with Crippen LogP contribution < -0.4 is 0 Å². The summed E-state index contributed by atoms with van der Waals surface area (Å²) in [6, 6.07) is 30.6. The van der Waals surface area contributed by atoms with Crippen LogP contribution in [0, 0.1) is 0 Å². The molecule has 3 aromatic carbocycles. The van der Waals surface area contributed by atoms with E-state index in [1.165, 1.54) is 11.1 Å². The molecule has 0 aliphatic carbocycles. The van der Waals surface area contributed by atoms with Crippen molar-refractivity contribution in [1.82, 2.24) is 4.90 Å². The normalized spacial score (nSPS) is 14.6. The maximum atomic E-state index is 13.2. The zero-order chi connectivity index (χ0) is 23.1. The Labute approximate surface area is 197 Å². The molecule has 3 nitrogen and oxygen atoms in total. The molecule has 0 spiro atoms. The Balaban J connectivity index is 2.06. The number of carbonyl (C=O) groups is 1. The summed E-state index contributed by atoms with van der Waals surface area (Å²) < 4.78 is 5.75. The van der Waals surface area contributed by atoms with E-state index in [0.717, 1.165) is 5.56 Å². The third-order valence-corrected chi connectivity index (χ3v) is 5.93. The largest absolute Gasteiger partial charge is 0.459 e. The lowest BCUT2D eigenvalue weighted by Crippen LogP contribution is -2.41. The molecule has 3 atom stereocenters. The van der Waals surface area contributed by atoms with Gasteiger partial charge >= 0.3 is 5.97 Å². The summed E-state index contributed by atoms with van der Waals surface area (Å²) in [5.74, 6) is -0.312. The lowest BCUT2D eigenvalue weighted by atomic mass is 9.96. The van der Waals surface area contributed by atoms with Crippen molar-refractivity contribution in [3.05, 3.63) is 108 Å². The standard InChI is InChI=1S/C28H33NO2S/c1-21(23-16-10-6-11-17-23)29(20-22-14-8-5-9-15-22)25(24-18-12-7-13-19-24)26(32)27(30)31-28(2,3)4/h5-19,21,25-26,32H,20H2,1-4H3/t21-,25-,26-/m1/s1. The highest BCUT2D eigenvalue weighted by Gasteiger charge is 2.37. The maximum Gasteiger partial charge on any atom is 0.321 e. The minimum Gasteiger partial charge on any atom is -0.459 e. The molecule has 0 saturated carbocycles. The van der Waals surface area contributed by atoms with E-state index in [4.69, 9.17) is 17.4 Å². The van der Waals surface area contributed by atoms with Crippen LogP contribution in [0.1, 0.15) is 56.5 Å². The van der Waals surface area contributed by atoms with E-state index in [2.05, 4.69) is 60.4 Å². The topological polar surface area (TPSA) is 29.5 Å². The second-order valence-electron chi connectivity index (χ2n) is 9.08. The number of hydrogen-bond acceptors (Lipinski definition) is 4.